The van der Waals surface area contributed by atoms with Crippen molar-refractivity contribution in [2.24, 2.45) is 0 Å². The van der Waals surface area contributed by atoms with Crippen LogP contribution in [0, 0.1) is 6.92 Å². The zero-order valence-corrected chi connectivity index (χ0v) is 15.6. The minimum absolute atomic E-state index is 0.172. The van der Waals surface area contributed by atoms with Crippen molar-refractivity contribution >= 4 is 5.91 Å². The molecule has 6 heteroatoms. The number of carbonyl (C=O) groups is 1. The van der Waals surface area contributed by atoms with Crippen LogP contribution < -0.4 is 10.3 Å². The molecule has 3 rings (SSSR count). The van der Waals surface area contributed by atoms with Crippen molar-refractivity contribution < 1.29 is 9.53 Å². The van der Waals surface area contributed by atoms with E-state index in [0.717, 1.165) is 31.2 Å². The third kappa shape index (κ3) is 3.49. The van der Waals surface area contributed by atoms with Crippen LogP contribution in [-0.2, 0) is 0 Å². The van der Waals surface area contributed by atoms with Crippen molar-refractivity contribution in [1.29, 1.82) is 0 Å². The SMILES string of the molecule is CC[C@H]1CCCCN1C(=O)c1nn(-c2ccc(C)cc2)c(=O)cc1OC. The molecule has 1 amide bonds. The van der Waals surface area contributed by atoms with Crippen molar-refractivity contribution in [3.63, 3.8) is 0 Å². The molecule has 0 spiro atoms. The number of benzene rings is 1. The van der Waals surface area contributed by atoms with E-state index in [1.54, 1.807) is 0 Å². The highest BCUT2D eigenvalue weighted by Crippen LogP contribution is 2.24. The Labute approximate surface area is 153 Å². The number of carbonyl (C=O) groups excluding carboxylic acids is 1. The number of aromatic nitrogens is 2. The van der Waals surface area contributed by atoms with E-state index in [0.29, 0.717) is 12.2 Å². The molecule has 0 aliphatic carbocycles. The fourth-order valence-electron chi connectivity index (χ4n) is 3.44. The lowest BCUT2D eigenvalue weighted by molar-refractivity contribution is 0.0596. The predicted octanol–water partition coefficient (Wildman–Crippen LogP) is 2.95. The molecule has 0 unspecified atom stereocenters. The molecular weight excluding hydrogens is 330 g/mol. The van der Waals surface area contributed by atoms with Crippen molar-refractivity contribution in [2.75, 3.05) is 13.7 Å². The lowest BCUT2D eigenvalue weighted by atomic mass is 9.99. The van der Waals surface area contributed by atoms with Gasteiger partial charge in [-0.05, 0) is 44.7 Å². The first-order chi connectivity index (χ1) is 12.5. The van der Waals surface area contributed by atoms with Crippen LogP contribution in [0.15, 0.2) is 35.1 Å². The van der Waals surface area contributed by atoms with Crippen LogP contribution in [-0.4, -0.2) is 40.3 Å². The Morgan fingerprint density at radius 3 is 2.65 bits per heavy atom. The lowest BCUT2D eigenvalue weighted by Crippen LogP contribution is -2.44. The Hall–Kier alpha value is -2.63. The number of likely N-dealkylation sites (tertiary alicyclic amines) is 1. The van der Waals surface area contributed by atoms with E-state index in [1.165, 1.54) is 17.9 Å². The molecule has 2 heterocycles. The molecule has 1 aromatic heterocycles. The lowest BCUT2D eigenvalue weighted by Gasteiger charge is -2.35. The van der Waals surface area contributed by atoms with E-state index in [-0.39, 0.29) is 29.0 Å². The number of aryl methyl sites for hydroxylation is 1. The third-order valence-corrected chi connectivity index (χ3v) is 4.96. The summed E-state index contributed by atoms with van der Waals surface area (Å²) in [7, 11) is 1.46. The fraction of sp³-hybridized carbons (Fsp3) is 0.450. The molecule has 1 atom stereocenters. The first kappa shape index (κ1) is 18.2. The Kier molecular flexibility index (Phi) is 5.40. The monoisotopic (exact) mass is 355 g/mol. The van der Waals surface area contributed by atoms with Gasteiger partial charge in [0, 0.05) is 12.6 Å². The summed E-state index contributed by atoms with van der Waals surface area (Å²) in [6.45, 7) is 4.78. The van der Waals surface area contributed by atoms with E-state index in [4.69, 9.17) is 4.74 Å². The molecule has 6 nitrogen and oxygen atoms in total. The Morgan fingerprint density at radius 1 is 1.27 bits per heavy atom. The quantitative estimate of drug-likeness (QED) is 0.846. The maximum Gasteiger partial charge on any atom is 0.278 e. The van der Waals surface area contributed by atoms with Crippen molar-refractivity contribution in [3.8, 4) is 11.4 Å². The number of rotatable bonds is 4. The van der Waals surface area contributed by atoms with E-state index in [2.05, 4.69) is 12.0 Å². The van der Waals surface area contributed by atoms with Crippen LogP contribution in [0.5, 0.6) is 5.75 Å². The van der Waals surface area contributed by atoms with Gasteiger partial charge < -0.3 is 9.64 Å². The molecular formula is C20H25N3O3. The normalized spacial score (nSPS) is 17.2. The Bertz CT molecular complexity index is 842. The molecule has 1 aliphatic heterocycles. The van der Waals surface area contributed by atoms with Gasteiger partial charge in [0.25, 0.3) is 11.5 Å². The molecule has 0 saturated carbocycles. The van der Waals surface area contributed by atoms with Gasteiger partial charge in [0.05, 0.1) is 18.9 Å². The predicted molar refractivity (Wildman–Crippen MR) is 100 cm³/mol. The summed E-state index contributed by atoms with van der Waals surface area (Å²) in [5, 5.41) is 4.37. The number of hydrogen-bond acceptors (Lipinski definition) is 4. The molecule has 0 N–H and O–H groups in total. The molecule has 26 heavy (non-hydrogen) atoms. The highest BCUT2D eigenvalue weighted by atomic mass is 16.5. The van der Waals surface area contributed by atoms with Crippen molar-refractivity contribution in [3.05, 3.63) is 51.9 Å². The summed E-state index contributed by atoms with van der Waals surface area (Å²) >= 11 is 0. The summed E-state index contributed by atoms with van der Waals surface area (Å²) in [6, 6.07) is 9.01. The number of nitrogens with zero attached hydrogens (tertiary/aromatic N) is 3. The third-order valence-electron chi connectivity index (χ3n) is 4.96. The topological polar surface area (TPSA) is 64.4 Å². The van der Waals surface area contributed by atoms with E-state index < -0.39 is 0 Å². The first-order valence-corrected chi connectivity index (χ1v) is 9.11. The maximum atomic E-state index is 13.2. The largest absolute Gasteiger partial charge is 0.494 e. The van der Waals surface area contributed by atoms with Gasteiger partial charge in [-0.2, -0.15) is 9.78 Å². The van der Waals surface area contributed by atoms with Crippen LogP contribution in [0.25, 0.3) is 5.69 Å². The van der Waals surface area contributed by atoms with Gasteiger partial charge in [-0.3, -0.25) is 9.59 Å². The average molecular weight is 355 g/mol. The van der Waals surface area contributed by atoms with Crippen LogP contribution in [0.4, 0.5) is 0 Å². The minimum Gasteiger partial charge on any atom is -0.494 e. The number of amides is 1. The highest BCUT2D eigenvalue weighted by Gasteiger charge is 2.30. The van der Waals surface area contributed by atoms with Crippen LogP contribution in [0.3, 0.4) is 0 Å². The average Bonchev–Trinajstić information content (AvgIpc) is 2.68. The van der Waals surface area contributed by atoms with E-state index >= 15 is 0 Å². The first-order valence-electron chi connectivity index (χ1n) is 9.11. The van der Waals surface area contributed by atoms with Gasteiger partial charge in [0.15, 0.2) is 11.4 Å². The molecule has 1 aromatic carbocycles. The smallest absolute Gasteiger partial charge is 0.278 e. The molecule has 0 radical (unpaired) electrons. The zero-order valence-electron chi connectivity index (χ0n) is 15.6. The van der Waals surface area contributed by atoms with Gasteiger partial charge in [-0.1, -0.05) is 24.6 Å². The number of hydrogen-bond donors (Lipinski definition) is 0. The molecule has 0 bridgehead atoms. The van der Waals surface area contributed by atoms with Crippen LogP contribution >= 0.6 is 0 Å². The van der Waals surface area contributed by atoms with Gasteiger partial charge in [0.1, 0.15) is 0 Å². The summed E-state index contributed by atoms with van der Waals surface area (Å²) in [5.41, 5.74) is 1.58. The zero-order chi connectivity index (χ0) is 18.7. The molecule has 2 aromatic rings. The van der Waals surface area contributed by atoms with Gasteiger partial charge >= 0.3 is 0 Å². The van der Waals surface area contributed by atoms with Crippen molar-refractivity contribution in [1.82, 2.24) is 14.7 Å². The van der Waals surface area contributed by atoms with Gasteiger partial charge in [-0.15, -0.1) is 0 Å². The summed E-state index contributed by atoms with van der Waals surface area (Å²) in [4.78, 5) is 27.5. The van der Waals surface area contributed by atoms with Gasteiger partial charge in [-0.25, -0.2) is 0 Å². The second-order valence-corrected chi connectivity index (χ2v) is 6.70. The Balaban J connectivity index is 2.05. The number of ether oxygens (including phenoxy) is 1. The molecule has 1 aliphatic rings. The molecule has 1 fully saturated rings. The maximum absolute atomic E-state index is 13.2. The molecule has 1 saturated heterocycles. The molecule has 138 valence electrons. The standard InChI is InChI=1S/C20H25N3O3/c1-4-15-7-5-6-12-22(15)20(25)19-17(26-3)13-18(24)23(21-19)16-10-8-14(2)9-11-16/h8-11,13,15H,4-7,12H2,1-3H3/t15-/m0/s1. The van der Waals surface area contributed by atoms with Crippen LogP contribution in [0.1, 0.15) is 48.7 Å². The second kappa shape index (κ2) is 7.72. The number of piperidine rings is 1. The second-order valence-electron chi connectivity index (χ2n) is 6.70. The fourth-order valence-corrected chi connectivity index (χ4v) is 3.44. The highest BCUT2D eigenvalue weighted by molar-refractivity contribution is 5.95. The van der Waals surface area contributed by atoms with Crippen molar-refractivity contribution in [2.45, 2.75) is 45.6 Å². The summed E-state index contributed by atoms with van der Waals surface area (Å²) in [6.07, 6.45) is 4.03. The van der Waals surface area contributed by atoms with E-state index in [9.17, 15) is 9.59 Å². The minimum atomic E-state index is -0.326. The van der Waals surface area contributed by atoms with Gasteiger partial charge in [0.2, 0.25) is 0 Å². The summed E-state index contributed by atoms with van der Waals surface area (Å²) in [5.74, 6) is 0.0537. The summed E-state index contributed by atoms with van der Waals surface area (Å²) < 4.78 is 6.56. The Morgan fingerprint density at radius 2 is 2.00 bits per heavy atom. The van der Waals surface area contributed by atoms with Crippen LogP contribution in [0.2, 0.25) is 0 Å². The number of methoxy groups -OCH3 is 1. The van der Waals surface area contributed by atoms with E-state index in [1.807, 2.05) is 36.1 Å².